The summed E-state index contributed by atoms with van der Waals surface area (Å²) < 4.78 is 2.31. The molecule has 0 aliphatic rings. The lowest BCUT2D eigenvalue weighted by Gasteiger charge is -2.11. The van der Waals surface area contributed by atoms with Crippen molar-refractivity contribution < 1.29 is 4.79 Å². The van der Waals surface area contributed by atoms with Gasteiger partial charge in [-0.15, -0.1) is 10.2 Å². The van der Waals surface area contributed by atoms with E-state index in [4.69, 9.17) is 5.73 Å². The molecule has 0 bridgehead atoms. The van der Waals surface area contributed by atoms with Gasteiger partial charge >= 0.3 is 0 Å². The number of nitrogens with zero attached hydrogens (tertiary/aromatic N) is 4. The molecule has 0 fully saturated rings. The van der Waals surface area contributed by atoms with Crippen LogP contribution in [0.5, 0.6) is 0 Å². The molecule has 3 N–H and O–H groups in total. The second-order valence-electron chi connectivity index (χ2n) is 8.15. The molecule has 0 saturated heterocycles. The van der Waals surface area contributed by atoms with Crippen molar-refractivity contribution in [1.29, 1.82) is 0 Å². The Morgan fingerprint density at radius 1 is 1.09 bits per heavy atom. The van der Waals surface area contributed by atoms with Gasteiger partial charge in [-0.1, -0.05) is 35.0 Å². The van der Waals surface area contributed by atoms with Crippen LogP contribution in [0.2, 0.25) is 0 Å². The van der Waals surface area contributed by atoms with Gasteiger partial charge in [0.2, 0.25) is 5.91 Å². The van der Waals surface area contributed by atoms with E-state index in [1.807, 2.05) is 12.1 Å². The number of nitrogens with one attached hydrogen (secondary N) is 1. The Labute approximate surface area is 195 Å². The molecule has 3 heterocycles. The van der Waals surface area contributed by atoms with Gasteiger partial charge in [0.25, 0.3) is 0 Å². The van der Waals surface area contributed by atoms with E-state index in [9.17, 15) is 4.79 Å². The van der Waals surface area contributed by atoms with E-state index >= 15 is 0 Å². The first kappa shape index (κ1) is 21.1. The zero-order valence-corrected chi connectivity index (χ0v) is 19.1. The maximum absolute atomic E-state index is 12.0. The van der Waals surface area contributed by atoms with Crippen LogP contribution in [0.4, 0.5) is 0 Å². The summed E-state index contributed by atoms with van der Waals surface area (Å²) in [5.41, 5.74) is 13.3. The molecule has 1 amide bonds. The molecule has 0 atom stereocenters. The fraction of sp³-hybridized carbons (Fsp3) is 0.200. The molecule has 5 rings (SSSR count). The molecule has 33 heavy (non-hydrogen) atoms. The summed E-state index contributed by atoms with van der Waals surface area (Å²) in [7, 11) is 0. The second-order valence-corrected chi connectivity index (χ2v) is 8.93. The summed E-state index contributed by atoms with van der Waals surface area (Å²) in [6.45, 7) is 2.79. The monoisotopic (exact) mass is 456 g/mol. The van der Waals surface area contributed by atoms with Crippen molar-refractivity contribution in [2.24, 2.45) is 5.73 Å². The SMILES string of the molecule is Cc1ccc(CCc2c(-c3ccsc3)n(CCc3nn[nH]n3)c3ccc(C(N)=O)cc23)cc1. The van der Waals surface area contributed by atoms with Crippen molar-refractivity contribution in [2.45, 2.75) is 32.7 Å². The standard InChI is InChI=1S/C25H24N6OS/c1-16-2-4-17(5-3-16)6-8-20-21-14-18(25(26)32)7-9-22(21)31(12-10-23-27-29-30-28-23)24(20)19-11-13-33-15-19/h2-5,7,9,11,13-15H,6,8,10,12H2,1H3,(H2,26,32)(H,27,28,29,30). The molecule has 5 aromatic rings. The molecule has 2 aromatic carbocycles. The van der Waals surface area contributed by atoms with Crippen molar-refractivity contribution in [1.82, 2.24) is 25.2 Å². The quantitative estimate of drug-likeness (QED) is 0.363. The van der Waals surface area contributed by atoms with Crippen LogP contribution < -0.4 is 5.73 Å². The Kier molecular flexibility index (Phi) is 5.75. The zero-order valence-electron chi connectivity index (χ0n) is 18.3. The van der Waals surface area contributed by atoms with Crippen LogP contribution in [-0.4, -0.2) is 31.1 Å². The number of nitrogens with two attached hydrogens (primary N) is 1. The average Bonchev–Trinajstić information content (AvgIpc) is 3.57. The summed E-state index contributed by atoms with van der Waals surface area (Å²) in [6, 6.07) is 16.5. The molecule has 0 aliphatic heterocycles. The lowest BCUT2D eigenvalue weighted by atomic mass is 9.98. The van der Waals surface area contributed by atoms with E-state index in [0.717, 1.165) is 23.7 Å². The molecular weight excluding hydrogens is 432 g/mol. The number of carbonyl (C=O) groups excluding carboxylic acids is 1. The Morgan fingerprint density at radius 3 is 2.64 bits per heavy atom. The summed E-state index contributed by atoms with van der Waals surface area (Å²) in [5.74, 6) is 0.251. The topological polar surface area (TPSA) is 102 Å². The van der Waals surface area contributed by atoms with Gasteiger partial charge in [0, 0.05) is 40.4 Å². The second kappa shape index (κ2) is 8.99. The van der Waals surface area contributed by atoms with Gasteiger partial charge in [0.15, 0.2) is 5.82 Å². The van der Waals surface area contributed by atoms with E-state index in [-0.39, 0.29) is 0 Å². The van der Waals surface area contributed by atoms with E-state index in [1.165, 1.54) is 27.9 Å². The molecule has 7 nitrogen and oxygen atoms in total. The number of benzene rings is 2. The Hall–Kier alpha value is -3.78. The van der Waals surface area contributed by atoms with Crippen LogP contribution in [0.15, 0.2) is 59.3 Å². The van der Waals surface area contributed by atoms with Gasteiger partial charge in [-0.3, -0.25) is 4.79 Å². The normalized spacial score (nSPS) is 11.3. The van der Waals surface area contributed by atoms with Gasteiger partial charge in [-0.25, -0.2) is 0 Å². The van der Waals surface area contributed by atoms with Crippen molar-refractivity contribution >= 4 is 28.1 Å². The van der Waals surface area contributed by atoms with Gasteiger partial charge in [-0.2, -0.15) is 16.6 Å². The molecule has 0 aliphatic carbocycles. The smallest absolute Gasteiger partial charge is 0.248 e. The van der Waals surface area contributed by atoms with E-state index < -0.39 is 5.91 Å². The molecule has 166 valence electrons. The third kappa shape index (κ3) is 4.29. The number of thiophene rings is 1. The van der Waals surface area contributed by atoms with E-state index in [0.29, 0.717) is 24.4 Å². The Morgan fingerprint density at radius 2 is 1.94 bits per heavy atom. The summed E-state index contributed by atoms with van der Waals surface area (Å²) in [6.07, 6.45) is 2.40. The first-order valence-corrected chi connectivity index (χ1v) is 11.8. The van der Waals surface area contributed by atoms with Crippen LogP contribution in [0, 0.1) is 6.92 Å². The van der Waals surface area contributed by atoms with Gasteiger partial charge in [0.05, 0.1) is 5.69 Å². The summed E-state index contributed by atoms with van der Waals surface area (Å²) in [4.78, 5) is 12.0. The fourth-order valence-corrected chi connectivity index (χ4v) is 4.96. The number of aromatic amines is 1. The number of amides is 1. The highest BCUT2D eigenvalue weighted by atomic mass is 32.1. The number of fused-ring (bicyclic) bond motifs is 1. The minimum atomic E-state index is -0.419. The fourth-order valence-electron chi connectivity index (χ4n) is 4.32. The number of aromatic nitrogens is 5. The first-order chi connectivity index (χ1) is 16.1. The third-order valence-corrected chi connectivity index (χ3v) is 6.66. The van der Waals surface area contributed by atoms with Gasteiger partial charge < -0.3 is 10.3 Å². The molecule has 0 unspecified atom stereocenters. The highest BCUT2D eigenvalue weighted by molar-refractivity contribution is 7.08. The Bertz CT molecular complexity index is 1390. The van der Waals surface area contributed by atoms with Crippen LogP contribution >= 0.6 is 11.3 Å². The van der Waals surface area contributed by atoms with Crippen molar-refractivity contribution in [3.8, 4) is 11.3 Å². The van der Waals surface area contributed by atoms with Crippen LogP contribution in [0.1, 0.15) is 32.9 Å². The number of hydrogen-bond acceptors (Lipinski definition) is 5. The number of H-pyrrole nitrogens is 1. The van der Waals surface area contributed by atoms with Gasteiger partial charge in [0.1, 0.15) is 0 Å². The van der Waals surface area contributed by atoms with Crippen molar-refractivity contribution in [3.63, 3.8) is 0 Å². The van der Waals surface area contributed by atoms with Crippen molar-refractivity contribution in [3.05, 3.63) is 87.4 Å². The maximum Gasteiger partial charge on any atom is 0.248 e. The predicted molar refractivity (Wildman–Crippen MR) is 130 cm³/mol. The number of carbonyl (C=O) groups is 1. The number of tetrazole rings is 1. The van der Waals surface area contributed by atoms with Crippen LogP contribution in [0.3, 0.4) is 0 Å². The lowest BCUT2D eigenvalue weighted by molar-refractivity contribution is 0.100. The highest BCUT2D eigenvalue weighted by Gasteiger charge is 2.20. The summed E-state index contributed by atoms with van der Waals surface area (Å²) >= 11 is 1.67. The molecule has 0 spiro atoms. The molecule has 8 heteroatoms. The first-order valence-electron chi connectivity index (χ1n) is 10.9. The number of rotatable bonds is 8. The third-order valence-electron chi connectivity index (χ3n) is 5.98. The average molecular weight is 457 g/mol. The van der Waals surface area contributed by atoms with E-state index in [2.05, 4.69) is 73.2 Å². The predicted octanol–water partition coefficient (Wildman–Crippen LogP) is 4.32. The maximum atomic E-state index is 12.0. The Balaban J connectivity index is 1.64. The number of hydrogen-bond donors (Lipinski definition) is 2. The highest BCUT2D eigenvalue weighted by Crippen LogP contribution is 2.36. The molecule has 0 saturated carbocycles. The molecule has 0 radical (unpaired) electrons. The van der Waals surface area contributed by atoms with E-state index in [1.54, 1.807) is 17.4 Å². The van der Waals surface area contributed by atoms with Crippen LogP contribution in [0.25, 0.3) is 22.2 Å². The van der Waals surface area contributed by atoms with Gasteiger partial charge in [-0.05, 0) is 60.5 Å². The largest absolute Gasteiger partial charge is 0.366 e. The summed E-state index contributed by atoms with van der Waals surface area (Å²) in [5, 5.41) is 19.8. The number of primary amides is 1. The van der Waals surface area contributed by atoms with Crippen molar-refractivity contribution in [2.75, 3.05) is 0 Å². The molecule has 3 aromatic heterocycles. The van der Waals surface area contributed by atoms with Crippen LogP contribution in [-0.2, 0) is 25.8 Å². The number of aryl methyl sites for hydroxylation is 5. The minimum absolute atomic E-state index is 0.419. The molecular formula is C25H24N6OS. The zero-order chi connectivity index (χ0) is 22.8. The lowest BCUT2D eigenvalue weighted by Crippen LogP contribution is -2.10. The minimum Gasteiger partial charge on any atom is -0.366 e.